The lowest BCUT2D eigenvalue weighted by Crippen LogP contribution is -2.36. The predicted molar refractivity (Wildman–Crippen MR) is 133 cm³/mol. The van der Waals surface area contributed by atoms with E-state index in [1.165, 1.54) is 0 Å². The van der Waals surface area contributed by atoms with Crippen LogP contribution in [0.5, 0.6) is 23.0 Å². The molecule has 2 aromatic rings. The summed E-state index contributed by atoms with van der Waals surface area (Å²) in [6, 6.07) is 0. The lowest BCUT2D eigenvalue weighted by atomic mass is 9.81. The molecular formula is C29H40O4. The smallest absolute Gasteiger partial charge is 0.127 e. The zero-order valence-electron chi connectivity index (χ0n) is 21.7. The van der Waals surface area contributed by atoms with Gasteiger partial charge in [-0.3, -0.25) is 0 Å². The molecule has 2 atom stereocenters. The first-order valence-electron chi connectivity index (χ1n) is 12.5. The maximum absolute atomic E-state index is 11.3. The number of hydrogen-bond acceptors (Lipinski definition) is 4. The first-order valence-corrected chi connectivity index (χ1v) is 12.5. The number of ether oxygens (including phenoxy) is 2. The summed E-state index contributed by atoms with van der Waals surface area (Å²) in [6.07, 6.45) is 5.92. The normalized spacial score (nSPS) is 24.0. The van der Waals surface area contributed by atoms with Gasteiger partial charge < -0.3 is 19.7 Å². The fourth-order valence-electron chi connectivity index (χ4n) is 5.40. The maximum Gasteiger partial charge on any atom is 0.127 e. The van der Waals surface area contributed by atoms with Gasteiger partial charge in [0.05, 0.1) is 0 Å². The second-order valence-corrected chi connectivity index (χ2v) is 10.8. The van der Waals surface area contributed by atoms with Crippen molar-refractivity contribution in [2.45, 2.75) is 112 Å². The van der Waals surface area contributed by atoms with Crippen LogP contribution in [-0.2, 0) is 19.3 Å². The monoisotopic (exact) mass is 452 g/mol. The number of aromatic hydroxyl groups is 2. The van der Waals surface area contributed by atoms with Gasteiger partial charge in [-0.1, -0.05) is 13.8 Å². The molecule has 0 saturated carbocycles. The number of fused-ring (bicyclic) bond motifs is 2. The molecule has 2 aromatic carbocycles. The van der Waals surface area contributed by atoms with Crippen LogP contribution in [0.2, 0.25) is 0 Å². The highest BCUT2D eigenvalue weighted by molar-refractivity contribution is 5.64. The van der Waals surface area contributed by atoms with Gasteiger partial charge >= 0.3 is 0 Å². The Morgan fingerprint density at radius 1 is 0.667 bits per heavy atom. The average Bonchev–Trinajstić information content (AvgIpc) is 2.81. The molecular weight excluding hydrogens is 412 g/mol. The van der Waals surface area contributed by atoms with E-state index in [9.17, 15) is 10.2 Å². The Labute approximate surface area is 198 Å². The Balaban J connectivity index is 1.88. The highest BCUT2D eigenvalue weighted by Crippen LogP contribution is 2.49. The molecule has 0 aliphatic carbocycles. The quantitative estimate of drug-likeness (QED) is 0.529. The highest BCUT2D eigenvalue weighted by atomic mass is 16.5. The third-order valence-electron chi connectivity index (χ3n) is 8.72. The molecule has 0 fully saturated rings. The van der Waals surface area contributed by atoms with E-state index in [1.54, 1.807) is 0 Å². The predicted octanol–water partition coefficient (Wildman–Crippen LogP) is 6.91. The molecule has 4 rings (SSSR count). The lowest BCUT2D eigenvalue weighted by Gasteiger charge is -2.39. The number of rotatable bonds is 4. The van der Waals surface area contributed by atoms with E-state index < -0.39 is 0 Å². The average molecular weight is 453 g/mol. The maximum atomic E-state index is 11.3. The largest absolute Gasteiger partial charge is 0.507 e. The standard InChI is InChI=1S/C29H40O4/c1-9-28(7)13-11-20-22(24(30)16(3)18(5)26(20)32-28)15-23-21-12-14-29(8,10-2)33-27(21)19(6)17(4)25(23)31/h30-31H,9-15H2,1-8H3. The number of phenols is 2. The lowest BCUT2D eigenvalue weighted by molar-refractivity contribution is 0.0596. The van der Waals surface area contributed by atoms with Gasteiger partial charge in [0.25, 0.3) is 0 Å². The Morgan fingerprint density at radius 3 is 1.36 bits per heavy atom. The van der Waals surface area contributed by atoms with Crippen LogP contribution >= 0.6 is 0 Å². The van der Waals surface area contributed by atoms with E-state index in [-0.39, 0.29) is 11.2 Å². The van der Waals surface area contributed by atoms with Crippen LogP contribution in [0.25, 0.3) is 0 Å². The summed E-state index contributed by atoms with van der Waals surface area (Å²) >= 11 is 0. The van der Waals surface area contributed by atoms with Crippen molar-refractivity contribution in [3.63, 3.8) is 0 Å². The van der Waals surface area contributed by atoms with Gasteiger partial charge in [-0.05, 0) is 102 Å². The van der Waals surface area contributed by atoms with Crippen molar-refractivity contribution in [1.82, 2.24) is 0 Å². The minimum absolute atomic E-state index is 0.182. The summed E-state index contributed by atoms with van der Waals surface area (Å²) in [4.78, 5) is 0. The molecule has 0 aromatic heterocycles. The summed E-state index contributed by atoms with van der Waals surface area (Å²) in [5.74, 6) is 2.50. The van der Waals surface area contributed by atoms with Crippen LogP contribution in [-0.4, -0.2) is 21.4 Å². The first kappa shape index (κ1) is 23.8. The fraction of sp³-hybridized carbons (Fsp3) is 0.586. The Bertz CT molecular complexity index is 1030. The highest BCUT2D eigenvalue weighted by Gasteiger charge is 2.37. The van der Waals surface area contributed by atoms with Crippen LogP contribution < -0.4 is 9.47 Å². The third-order valence-corrected chi connectivity index (χ3v) is 8.72. The summed E-state index contributed by atoms with van der Waals surface area (Å²) in [7, 11) is 0. The molecule has 0 spiro atoms. The molecule has 2 aliphatic rings. The van der Waals surface area contributed by atoms with Gasteiger partial charge in [-0.2, -0.15) is 0 Å². The van der Waals surface area contributed by atoms with Gasteiger partial charge in [-0.25, -0.2) is 0 Å². The molecule has 4 heteroatoms. The fourth-order valence-corrected chi connectivity index (χ4v) is 5.40. The van der Waals surface area contributed by atoms with Crippen LogP contribution in [0.4, 0.5) is 0 Å². The van der Waals surface area contributed by atoms with Crippen molar-refractivity contribution in [2.24, 2.45) is 0 Å². The molecule has 0 radical (unpaired) electrons. The molecule has 33 heavy (non-hydrogen) atoms. The Hall–Kier alpha value is -2.36. The Morgan fingerprint density at radius 2 is 1.03 bits per heavy atom. The van der Waals surface area contributed by atoms with Gasteiger partial charge in [0.2, 0.25) is 0 Å². The van der Waals surface area contributed by atoms with Gasteiger partial charge in [0, 0.05) is 28.7 Å². The molecule has 2 aliphatic heterocycles. The zero-order chi connectivity index (χ0) is 24.3. The molecule has 2 N–H and O–H groups in total. The SMILES string of the molecule is CCC1(C)CCc2c(Cc3c(O)c(C)c(C)c4c3CCC(C)(CC)O4)c(O)c(C)c(C)c2O1. The second-order valence-electron chi connectivity index (χ2n) is 10.8. The van der Waals surface area contributed by atoms with Crippen molar-refractivity contribution in [3.05, 3.63) is 44.5 Å². The van der Waals surface area contributed by atoms with Crippen LogP contribution in [0.15, 0.2) is 0 Å². The zero-order valence-corrected chi connectivity index (χ0v) is 21.7. The summed E-state index contributed by atoms with van der Waals surface area (Å²) < 4.78 is 13.1. The van der Waals surface area contributed by atoms with Crippen molar-refractivity contribution in [2.75, 3.05) is 0 Å². The van der Waals surface area contributed by atoms with E-state index in [2.05, 4.69) is 27.7 Å². The van der Waals surface area contributed by atoms with Gasteiger partial charge in [0.15, 0.2) is 0 Å². The summed E-state index contributed by atoms with van der Waals surface area (Å²) in [5, 5.41) is 22.5. The number of hydrogen-bond donors (Lipinski definition) is 2. The summed E-state index contributed by atoms with van der Waals surface area (Å²) in [5.41, 5.74) is 7.32. The van der Waals surface area contributed by atoms with E-state index >= 15 is 0 Å². The van der Waals surface area contributed by atoms with Gasteiger partial charge in [0.1, 0.15) is 34.2 Å². The molecule has 0 saturated heterocycles. The van der Waals surface area contributed by atoms with Crippen molar-refractivity contribution in [1.29, 1.82) is 0 Å². The van der Waals surface area contributed by atoms with E-state index in [4.69, 9.17) is 9.47 Å². The molecule has 4 nitrogen and oxygen atoms in total. The van der Waals surface area contributed by atoms with Crippen molar-refractivity contribution >= 4 is 0 Å². The molecule has 2 unspecified atom stereocenters. The van der Waals surface area contributed by atoms with Crippen LogP contribution in [0, 0.1) is 27.7 Å². The number of benzene rings is 2. The number of phenolic OH excluding ortho intramolecular Hbond substituents is 2. The minimum atomic E-state index is -0.182. The Kier molecular flexibility index (Phi) is 5.87. The van der Waals surface area contributed by atoms with E-state index in [1.807, 2.05) is 27.7 Å². The molecule has 0 bridgehead atoms. The minimum Gasteiger partial charge on any atom is -0.507 e. The van der Waals surface area contributed by atoms with Crippen LogP contribution in [0.3, 0.4) is 0 Å². The van der Waals surface area contributed by atoms with Gasteiger partial charge in [-0.15, -0.1) is 0 Å². The van der Waals surface area contributed by atoms with E-state index in [0.29, 0.717) is 17.9 Å². The third kappa shape index (κ3) is 3.76. The first-order chi connectivity index (χ1) is 15.4. The van der Waals surface area contributed by atoms with Crippen molar-refractivity contribution in [3.8, 4) is 23.0 Å². The topological polar surface area (TPSA) is 58.9 Å². The van der Waals surface area contributed by atoms with E-state index in [0.717, 1.165) is 94.5 Å². The molecule has 0 amide bonds. The summed E-state index contributed by atoms with van der Waals surface area (Å²) in [6.45, 7) is 16.7. The second kappa shape index (κ2) is 8.14. The molecule has 2 heterocycles. The van der Waals surface area contributed by atoms with Crippen LogP contribution in [0.1, 0.15) is 97.9 Å². The molecule has 180 valence electrons. The van der Waals surface area contributed by atoms with Crippen molar-refractivity contribution < 1.29 is 19.7 Å².